The summed E-state index contributed by atoms with van der Waals surface area (Å²) in [7, 11) is 0. The second kappa shape index (κ2) is 7.83. The Morgan fingerprint density at radius 1 is 1.05 bits per heavy atom. The van der Waals surface area contributed by atoms with Crippen LogP contribution in [0.1, 0.15) is 6.92 Å². The fraction of sp³-hybridized carbons (Fsp3) is 0.625. The van der Waals surface area contributed by atoms with E-state index in [1.165, 1.54) is 6.92 Å². The van der Waals surface area contributed by atoms with Crippen molar-refractivity contribution in [3.8, 4) is 5.75 Å². The minimum absolute atomic E-state index is 0.0951. The summed E-state index contributed by atoms with van der Waals surface area (Å²) >= 11 is 0. The van der Waals surface area contributed by atoms with E-state index in [1.54, 1.807) is 0 Å². The second-order valence-electron chi connectivity index (χ2n) is 5.75. The summed E-state index contributed by atoms with van der Waals surface area (Å²) in [5.74, 6) is -0.416. The van der Waals surface area contributed by atoms with Gasteiger partial charge >= 0.3 is 6.18 Å². The lowest BCUT2D eigenvalue weighted by Crippen LogP contribution is -2.49. The predicted molar refractivity (Wildman–Crippen MR) is 80.0 cm³/mol. The Morgan fingerprint density at radius 3 is 2.23 bits per heavy atom. The maximum Gasteiger partial charge on any atom is 0.392 e. The summed E-state index contributed by atoms with van der Waals surface area (Å²) in [5.41, 5.74) is 0. The molecule has 6 heteroatoms. The van der Waals surface area contributed by atoms with Crippen LogP contribution in [0.25, 0.3) is 0 Å². The number of rotatable bonds is 6. The molecule has 2 rings (SSSR count). The van der Waals surface area contributed by atoms with E-state index in [-0.39, 0.29) is 6.54 Å². The van der Waals surface area contributed by atoms with Crippen LogP contribution in [0.4, 0.5) is 13.2 Å². The molecule has 1 unspecified atom stereocenters. The van der Waals surface area contributed by atoms with Crippen LogP contribution < -0.4 is 4.74 Å². The highest BCUT2D eigenvalue weighted by Gasteiger charge is 2.37. The van der Waals surface area contributed by atoms with Gasteiger partial charge in [-0.2, -0.15) is 13.2 Å². The molecule has 0 bridgehead atoms. The zero-order valence-corrected chi connectivity index (χ0v) is 12.9. The van der Waals surface area contributed by atoms with E-state index in [4.69, 9.17) is 4.74 Å². The Balaban J connectivity index is 1.63. The van der Waals surface area contributed by atoms with E-state index in [1.807, 2.05) is 35.2 Å². The highest BCUT2D eigenvalue weighted by molar-refractivity contribution is 5.20. The van der Waals surface area contributed by atoms with E-state index >= 15 is 0 Å². The van der Waals surface area contributed by atoms with Gasteiger partial charge in [-0.15, -0.1) is 0 Å². The van der Waals surface area contributed by atoms with E-state index in [9.17, 15) is 13.2 Å². The predicted octanol–water partition coefficient (Wildman–Crippen LogP) is 2.88. The first-order valence-electron chi connectivity index (χ1n) is 7.64. The highest BCUT2D eigenvalue weighted by atomic mass is 19.4. The number of benzene rings is 1. The number of nitrogens with zero attached hydrogens (tertiary/aromatic N) is 2. The van der Waals surface area contributed by atoms with Gasteiger partial charge in [-0.1, -0.05) is 25.1 Å². The van der Waals surface area contributed by atoms with Crippen LogP contribution in [-0.2, 0) is 0 Å². The fourth-order valence-corrected chi connectivity index (χ4v) is 2.50. The first-order chi connectivity index (χ1) is 10.4. The van der Waals surface area contributed by atoms with Crippen molar-refractivity contribution in [3.05, 3.63) is 30.3 Å². The van der Waals surface area contributed by atoms with Crippen molar-refractivity contribution < 1.29 is 17.9 Å². The van der Waals surface area contributed by atoms with Crippen LogP contribution in [0.2, 0.25) is 0 Å². The molecule has 1 saturated heterocycles. The van der Waals surface area contributed by atoms with Crippen LogP contribution in [-0.4, -0.2) is 61.9 Å². The zero-order valence-electron chi connectivity index (χ0n) is 12.9. The molecule has 1 atom stereocenters. The van der Waals surface area contributed by atoms with Gasteiger partial charge in [0.2, 0.25) is 0 Å². The van der Waals surface area contributed by atoms with Gasteiger partial charge in [0.25, 0.3) is 0 Å². The standard InChI is InChI=1S/C16H23F3N2O/c1-14(16(17,18)19)13-21-9-7-20(8-10-21)11-12-22-15-5-3-2-4-6-15/h2-6,14H,7-13H2,1H3. The number of ether oxygens (including phenoxy) is 1. The molecule has 0 amide bonds. The highest BCUT2D eigenvalue weighted by Crippen LogP contribution is 2.26. The molecule has 1 aromatic carbocycles. The van der Waals surface area contributed by atoms with Crippen molar-refractivity contribution in [2.45, 2.75) is 13.1 Å². The molecule has 0 spiro atoms. The van der Waals surface area contributed by atoms with Crippen molar-refractivity contribution >= 4 is 0 Å². The van der Waals surface area contributed by atoms with E-state index in [0.29, 0.717) is 19.7 Å². The molecular weight excluding hydrogens is 293 g/mol. The molecule has 1 aliphatic heterocycles. The lowest BCUT2D eigenvalue weighted by Gasteiger charge is -2.36. The minimum Gasteiger partial charge on any atom is -0.492 e. The van der Waals surface area contributed by atoms with Gasteiger partial charge in [-0.25, -0.2) is 0 Å². The first-order valence-corrected chi connectivity index (χ1v) is 7.64. The van der Waals surface area contributed by atoms with Crippen molar-refractivity contribution in [2.24, 2.45) is 5.92 Å². The maximum atomic E-state index is 12.6. The molecule has 0 aromatic heterocycles. The molecule has 1 heterocycles. The molecule has 1 aromatic rings. The Morgan fingerprint density at radius 2 is 1.64 bits per heavy atom. The summed E-state index contributed by atoms with van der Waals surface area (Å²) in [4.78, 5) is 4.13. The summed E-state index contributed by atoms with van der Waals surface area (Å²) in [6, 6.07) is 9.62. The van der Waals surface area contributed by atoms with Gasteiger partial charge in [-0.3, -0.25) is 4.90 Å². The van der Waals surface area contributed by atoms with Crippen molar-refractivity contribution in [2.75, 3.05) is 45.9 Å². The zero-order chi connectivity index (χ0) is 16.0. The Kier molecular flexibility index (Phi) is 6.08. The summed E-state index contributed by atoms with van der Waals surface area (Å²) < 4.78 is 43.3. The lowest BCUT2D eigenvalue weighted by molar-refractivity contribution is -0.174. The number of piperazine rings is 1. The molecule has 0 saturated carbocycles. The molecular formula is C16H23F3N2O. The van der Waals surface area contributed by atoms with Crippen molar-refractivity contribution in [3.63, 3.8) is 0 Å². The molecule has 0 aliphatic carbocycles. The Bertz CT molecular complexity index is 431. The third kappa shape index (κ3) is 5.50. The molecule has 3 nitrogen and oxygen atoms in total. The van der Waals surface area contributed by atoms with Gasteiger partial charge < -0.3 is 9.64 Å². The number of halogens is 3. The monoisotopic (exact) mass is 316 g/mol. The summed E-state index contributed by atoms with van der Waals surface area (Å²) in [6.45, 7) is 5.71. The average molecular weight is 316 g/mol. The lowest BCUT2D eigenvalue weighted by atomic mass is 10.1. The third-order valence-corrected chi connectivity index (χ3v) is 3.98. The molecule has 0 N–H and O–H groups in total. The second-order valence-corrected chi connectivity index (χ2v) is 5.75. The Labute approximate surface area is 129 Å². The van der Waals surface area contributed by atoms with Gasteiger partial charge in [0.05, 0.1) is 5.92 Å². The van der Waals surface area contributed by atoms with Crippen LogP contribution in [0, 0.1) is 5.92 Å². The smallest absolute Gasteiger partial charge is 0.392 e. The number of hydrogen-bond donors (Lipinski definition) is 0. The van der Waals surface area contributed by atoms with E-state index < -0.39 is 12.1 Å². The van der Waals surface area contributed by atoms with Gasteiger partial charge in [0.15, 0.2) is 0 Å². The van der Waals surface area contributed by atoms with Crippen LogP contribution >= 0.6 is 0 Å². The summed E-state index contributed by atoms with van der Waals surface area (Å²) in [5, 5.41) is 0. The fourth-order valence-electron chi connectivity index (χ4n) is 2.50. The Hall–Kier alpha value is -1.27. The summed E-state index contributed by atoms with van der Waals surface area (Å²) in [6.07, 6.45) is -4.10. The van der Waals surface area contributed by atoms with Crippen LogP contribution in [0.3, 0.4) is 0 Å². The van der Waals surface area contributed by atoms with E-state index in [2.05, 4.69) is 4.90 Å². The normalized spacial score (nSPS) is 19.1. The molecule has 1 aliphatic rings. The van der Waals surface area contributed by atoms with Crippen molar-refractivity contribution in [1.29, 1.82) is 0 Å². The van der Waals surface area contributed by atoms with Gasteiger partial charge in [-0.05, 0) is 12.1 Å². The maximum absolute atomic E-state index is 12.6. The molecule has 1 fully saturated rings. The van der Waals surface area contributed by atoms with Crippen molar-refractivity contribution in [1.82, 2.24) is 9.80 Å². The number of hydrogen-bond acceptors (Lipinski definition) is 3. The molecule has 22 heavy (non-hydrogen) atoms. The topological polar surface area (TPSA) is 15.7 Å². The quantitative estimate of drug-likeness (QED) is 0.802. The van der Waals surface area contributed by atoms with Gasteiger partial charge in [0, 0.05) is 39.3 Å². The van der Waals surface area contributed by atoms with Crippen LogP contribution in [0.5, 0.6) is 5.75 Å². The number of alkyl halides is 3. The van der Waals surface area contributed by atoms with Crippen LogP contribution in [0.15, 0.2) is 30.3 Å². The van der Waals surface area contributed by atoms with E-state index in [0.717, 1.165) is 25.4 Å². The third-order valence-electron chi connectivity index (χ3n) is 3.98. The first kappa shape index (κ1) is 17.1. The number of para-hydroxylation sites is 1. The molecule has 0 radical (unpaired) electrons. The van der Waals surface area contributed by atoms with Gasteiger partial charge in [0.1, 0.15) is 12.4 Å². The molecule has 124 valence electrons. The SMILES string of the molecule is CC(CN1CCN(CCOc2ccccc2)CC1)C(F)(F)F. The largest absolute Gasteiger partial charge is 0.492 e. The minimum atomic E-state index is -4.10. The average Bonchev–Trinajstić information content (AvgIpc) is 2.49.